The topological polar surface area (TPSA) is 71.3 Å². The van der Waals surface area contributed by atoms with Crippen LogP contribution < -0.4 is 10.6 Å². The Morgan fingerprint density at radius 1 is 1.04 bits per heavy atom. The van der Waals surface area contributed by atoms with Crippen LogP contribution in [0.15, 0.2) is 53.1 Å². The summed E-state index contributed by atoms with van der Waals surface area (Å²) in [5.74, 6) is -0.225. The smallest absolute Gasteiger partial charge is 0.291 e. The maximum absolute atomic E-state index is 12.9. The Kier molecular flexibility index (Phi) is 5.07. The number of carbonyl (C=O) groups excluding carboxylic acids is 2. The molecule has 2 aromatic heterocycles. The summed E-state index contributed by atoms with van der Waals surface area (Å²) in [5.41, 5.74) is 2.87. The van der Waals surface area contributed by atoms with Gasteiger partial charge in [0.05, 0.1) is 11.8 Å². The maximum Gasteiger partial charge on any atom is 0.291 e. The van der Waals surface area contributed by atoms with E-state index in [1.807, 2.05) is 30.3 Å². The van der Waals surface area contributed by atoms with Gasteiger partial charge < -0.3 is 15.1 Å². The first kappa shape index (κ1) is 17.5. The highest BCUT2D eigenvalue weighted by molar-refractivity contribution is 7.17. The number of benzene rings is 1. The van der Waals surface area contributed by atoms with Gasteiger partial charge in [0.1, 0.15) is 5.00 Å². The van der Waals surface area contributed by atoms with Gasteiger partial charge in [-0.3, -0.25) is 9.59 Å². The lowest BCUT2D eigenvalue weighted by atomic mass is 10.1. The summed E-state index contributed by atoms with van der Waals surface area (Å²) in [7, 11) is 0. The molecule has 1 aliphatic carbocycles. The summed E-state index contributed by atoms with van der Waals surface area (Å²) >= 11 is 1.50. The first-order chi connectivity index (χ1) is 13.2. The molecular formula is C21H20N2O3S. The van der Waals surface area contributed by atoms with Gasteiger partial charge in [-0.2, -0.15) is 0 Å². The summed E-state index contributed by atoms with van der Waals surface area (Å²) < 4.78 is 5.15. The number of anilines is 1. The highest BCUT2D eigenvalue weighted by Gasteiger charge is 2.27. The number of aryl methyl sites for hydroxylation is 1. The van der Waals surface area contributed by atoms with Crippen LogP contribution in [-0.4, -0.2) is 18.4 Å². The van der Waals surface area contributed by atoms with Gasteiger partial charge in [0.2, 0.25) is 0 Å². The van der Waals surface area contributed by atoms with Crippen LogP contribution in [0.2, 0.25) is 0 Å². The van der Waals surface area contributed by atoms with Crippen molar-refractivity contribution in [3.05, 3.63) is 76.1 Å². The number of carbonyl (C=O) groups is 2. The number of hydrogen-bond donors (Lipinski definition) is 2. The molecule has 0 spiro atoms. The summed E-state index contributed by atoms with van der Waals surface area (Å²) in [4.78, 5) is 26.4. The molecule has 0 saturated heterocycles. The monoisotopic (exact) mass is 380 g/mol. The molecule has 27 heavy (non-hydrogen) atoms. The van der Waals surface area contributed by atoms with Gasteiger partial charge in [0, 0.05) is 11.4 Å². The van der Waals surface area contributed by atoms with E-state index in [0.29, 0.717) is 17.1 Å². The van der Waals surface area contributed by atoms with E-state index in [2.05, 4.69) is 10.6 Å². The van der Waals surface area contributed by atoms with Crippen LogP contribution in [0.5, 0.6) is 0 Å². The van der Waals surface area contributed by atoms with Crippen molar-refractivity contribution in [2.24, 2.45) is 0 Å². The second kappa shape index (κ2) is 7.80. The summed E-state index contributed by atoms with van der Waals surface area (Å²) in [6, 6.07) is 13.3. The predicted molar refractivity (Wildman–Crippen MR) is 105 cm³/mol. The van der Waals surface area contributed by atoms with Gasteiger partial charge >= 0.3 is 0 Å². The van der Waals surface area contributed by atoms with E-state index in [0.717, 1.165) is 31.2 Å². The molecule has 6 heteroatoms. The molecule has 4 rings (SSSR count). The van der Waals surface area contributed by atoms with E-state index in [1.54, 1.807) is 12.1 Å². The standard InChI is InChI=1S/C21H20N2O3S/c24-19(16-9-5-13-26-16)23-21-18(15-8-4-10-17(15)27-21)20(25)22-12-11-14-6-2-1-3-7-14/h1-3,5-7,9,13H,4,8,10-12H2,(H,22,25)(H,23,24). The highest BCUT2D eigenvalue weighted by atomic mass is 32.1. The molecular weight excluding hydrogens is 360 g/mol. The summed E-state index contributed by atoms with van der Waals surface area (Å²) in [6.07, 6.45) is 5.12. The Bertz CT molecular complexity index is 945. The Morgan fingerprint density at radius 3 is 2.67 bits per heavy atom. The van der Waals surface area contributed by atoms with E-state index in [1.165, 1.54) is 28.0 Å². The Hall–Kier alpha value is -2.86. The lowest BCUT2D eigenvalue weighted by Crippen LogP contribution is -2.27. The second-order valence-electron chi connectivity index (χ2n) is 6.48. The third kappa shape index (κ3) is 3.80. The SMILES string of the molecule is O=C(Nc1sc2c(c1C(=O)NCCc1ccccc1)CCC2)c1ccco1. The minimum absolute atomic E-state index is 0.125. The minimum Gasteiger partial charge on any atom is -0.459 e. The van der Waals surface area contributed by atoms with E-state index in [-0.39, 0.29) is 17.6 Å². The van der Waals surface area contributed by atoms with E-state index in [9.17, 15) is 9.59 Å². The summed E-state index contributed by atoms with van der Waals surface area (Å²) in [5, 5.41) is 6.47. The number of rotatable bonds is 6. The molecule has 0 atom stereocenters. The molecule has 0 bridgehead atoms. The van der Waals surface area contributed by atoms with Gasteiger partial charge in [0.25, 0.3) is 11.8 Å². The second-order valence-corrected chi connectivity index (χ2v) is 7.59. The molecule has 3 aromatic rings. The van der Waals surface area contributed by atoms with Crippen molar-refractivity contribution < 1.29 is 14.0 Å². The molecule has 0 unspecified atom stereocenters. The van der Waals surface area contributed by atoms with Crippen LogP contribution in [0.25, 0.3) is 0 Å². The molecule has 5 nitrogen and oxygen atoms in total. The molecule has 2 N–H and O–H groups in total. The number of furan rings is 1. The third-order valence-electron chi connectivity index (χ3n) is 4.66. The third-order valence-corrected chi connectivity index (χ3v) is 5.87. The number of nitrogens with one attached hydrogen (secondary N) is 2. The van der Waals surface area contributed by atoms with Crippen LogP contribution in [-0.2, 0) is 19.3 Å². The fraction of sp³-hybridized carbons (Fsp3) is 0.238. The molecule has 0 radical (unpaired) electrons. The molecule has 138 valence electrons. The van der Waals surface area contributed by atoms with Crippen LogP contribution in [0.3, 0.4) is 0 Å². The van der Waals surface area contributed by atoms with Crippen molar-refractivity contribution >= 4 is 28.2 Å². The fourth-order valence-electron chi connectivity index (χ4n) is 3.36. The lowest BCUT2D eigenvalue weighted by Gasteiger charge is -2.09. The zero-order chi connectivity index (χ0) is 18.6. The van der Waals surface area contributed by atoms with E-state index in [4.69, 9.17) is 4.42 Å². The molecule has 1 aliphatic rings. The zero-order valence-corrected chi connectivity index (χ0v) is 15.6. The number of hydrogen-bond acceptors (Lipinski definition) is 4. The average molecular weight is 380 g/mol. The van der Waals surface area contributed by atoms with Gasteiger partial charge in [-0.15, -0.1) is 11.3 Å². The molecule has 2 heterocycles. The lowest BCUT2D eigenvalue weighted by molar-refractivity contribution is 0.0954. The van der Waals surface area contributed by atoms with Crippen molar-refractivity contribution in [2.45, 2.75) is 25.7 Å². The Balaban J connectivity index is 1.49. The van der Waals surface area contributed by atoms with Crippen LogP contribution in [0.4, 0.5) is 5.00 Å². The van der Waals surface area contributed by atoms with Crippen LogP contribution in [0, 0.1) is 0 Å². The number of fused-ring (bicyclic) bond motifs is 1. The average Bonchev–Trinajstić information content (AvgIpc) is 3.40. The van der Waals surface area contributed by atoms with Gasteiger partial charge in [-0.25, -0.2) is 0 Å². The van der Waals surface area contributed by atoms with E-state index >= 15 is 0 Å². The minimum atomic E-state index is -0.335. The molecule has 2 amide bonds. The van der Waals surface area contributed by atoms with Gasteiger partial charge in [-0.1, -0.05) is 30.3 Å². The number of amides is 2. The molecule has 1 aromatic carbocycles. The van der Waals surface area contributed by atoms with Gasteiger partial charge in [0.15, 0.2) is 5.76 Å². The first-order valence-electron chi connectivity index (χ1n) is 9.04. The molecule has 0 aliphatic heterocycles. The first-order valence-corrected chi connectivity index (χ1v) is 9.85. The maximum atomic E-state index is 12.9. The Labute approximate surface area is 161 Å². The highest BCUT2D eigenvalue weighted by Crippen LogP contribution is 2.39. The zero-order valence-electron chi connectivity index (χ0n) is 14.8. The molecule has 0 fully saturated rings. The quantitative estimate of drug-likeness (QED) is 0.678. The van der Waals surface area contributed by atoms with Crippen molar-refractivity contribution in [1.29, 1.82) is 0 Å². The fourth-order valence-corrected chi connectivity index (χ4v) is 4.64. The van der Waals surface area contributed by atoms with E-state index < -0.39 is 0 Å². The normalized spacial score (nSPS) is 12.6. The van der Waals surface area contributed by atoms with Gasteiger partial charge in [-0.05, 0) is 48.9 Å². The van der Waals surface area contributed by atoms with Crippen molar-refractivity contribution in [1.82, 2.24) is 5.32 Å². The largest absolute Gasteiger partial charge is 0.459 e. The Morgan fingerprint density at radius 2 is 1.89 bits per heavy atom. The number of thiophene rings is 1. The summed E-state index contributed by atoms with van der Waals surface area (Å²) in [6.45, 7) is 0.555. The predicted octanol–water partition coefficient (Wildman–Crippen LogP) is 4.05. The van der Waals surface area contributed by atoms with Crippen molar-refractivity contribution in [3.8, 4) is 0 Å². The van der Waals surface area contributed by atoms with Crippen LogP contribution >= 0.6 is 11.3 Å². The van der Waals surface area contributed by atoms with Crippen molar-refractivity contribution in [3.63, 3.8) is 0 Å². The molecule has 0 saturated carbocycles. The van der Waals surface area contributed by atoms with Crippen LogP contribution in [0.1, 0.15) is 43.3 Å². The van der Waals surface area contributed by atoms with Crippen molar-refractivity contribution in [2.75, 3.05) is 11.9 Å².